The molecule has 0 aromatic heterocycles. The minimum Gasteiger partial charge on any atom is -0.493 e. The zero-order valence-corrected chi connectivity index (χ0v) is 15.3. The summed E-state index contributed by atoms with van der Waals surface area (Å²) in [6.07, 6.45) is 6.61. The number of amides is 1. The van der Waals surface area contributed by atoms with Gasteiger partial charge in [-0.05, 0) is 66.3 Å². The van der Waals surface area contributed by atoms with E-state index in [0.717, 1.165) is 24.1 Å². The highest BCUT2D eigenvalue weighted by Crippen LogP contribution is 2.38. The molecule has 5 heteroatoms. The average Bonchev–Trinajstić information content (AvgIpc) is 3.13. The Morgan fingerprint density at radius 1 is 0.962 bits per heavy atom. The fraction of sp³-hybridized carbons (Fsp3) is 0.286. The summed E-state index contributed by atoms with van der Waals surface area (Å²) in [4.78, 5) is 12.2. The highest BCUT2D eigenvalue weighted by Gasteiger charge is 2.13. The maximum atomic E-state index is 12.2. The van der Waals surface area contributed by atoms with Crippen LogP contribution in [0.5, 0.6) is 17.2 Å². The summed E-state index contributed by atoms with van der Waals surface area (Å²) in [7, 11) is 4.68. The molecule has 1 N–H and O–H groups in total. The number of carbonyl (C=O) groups excluding carboxylic acids is 1. The number of methoxy groups -OCH3 is 3. The molecular formula is C21H23NO4. The van der Waals surface area contributed by atoms with E-state index in [4.69, 9.17) is 14.2 Å². The van der Waals surface area contributed by atoms with Crippen molar-refractivity contribution >= 4 is 17.7 Å². The summed E-state index contributed by atoms with van der Waals surface area (Å²) in [5.41, 5.74) is 4.32. The van der Waals surface area contributed by atoms with Gasteiger partial charge in [0.05, 0.1) is 21.3 Å². The lowest BCUT2D eigenvalue weighted by Crippen LogP contribution is -2.08. The summed E-state index contributed by atoms with van der Waals surface area (Å²) in [5, 5.41) is 2.91. The third-order valence-electron chi connectivity index (χ3n) is 4.48. The van der Waals surface area contributed by atoms with Gasteiger partial charge in [-0.15, -0.1) is 0 Å². The molecule has 0 saturated carbocycles. The Hall–Kier alpha value is -2.95. The molecule has 0 aliphatic heterocycles. The van der Waals surface area contributed by atoms with Gasteiger partial charge >= 0.3 is 0 Å². The molecule has 2 aromatic rings. The number of carbonyl (C=O) groups is 1. The van der Waals surface area contributed by atoms with Crippen molar-refractivity contribution in [3.63, 3.8) is 0 Å². The van der Waals surface area contributed by atoms with E-state index in [1.165, 1.54) is 23.6 Å². The number of rotatable bonds is 6. The topological polar surface area (TPSA) is 56.8 Å². The van der Waals surface area contributed by atoms with E-state index in [-0.39, 0.29) is 5.91 Å². The highest BCUT2D eigenvalue weighted by molar-refractivity contribution is 6.02. The molecule has 0 bridgehead atoms. The first-order valence-corrected chi connectivity index (χ1v) is 8.55. The van der Waals surface area contributed by atoms with Crippen LogP contribution in [0.15, 0.2) is 36.4 Å². The molecule has 0 radical (unpaired) electrons. The summed E-state index contributed by atoms with van der Waals surface area (Å²) < 4.78 is 16.0. The van der Waals surface area contributed by atoms with E-state index in [1.807, 2.05) is 6.07 Å². The lowest BCUT2D eigenvalue weighted by atomic mass is 10.1. The molecule has 0 unspecified atom stereocenters. The van der Waals surface area contributed by atoms with Crippen molar-refractivity contribution in [3.8, 4) is 17.2 Å². The summed E-state index contributed by atoms with van der Waals surface area (Å²) in [6.45, 7) is 0. The van der Waals surface area contributed by atoms with Crippen LogP contribution in [0.25, 0.3) is 6.08 Å². The molecule has 1 aliphatic rings. The molecule has 3 rings (SSSR count). The fourth-order valence-electron chi connectivity index (χ4n) is 3.20. The molecule has 0 fully saturated rings. The molecule has 1 aliphatic carbocycles. The van der Waals surface area contributed by atoms with E-state index in [0.29, 0.717) is 17.2 Å². The third-order valence-corrected chi connectivity index (χ3v) is 4.48. The van der Waals surface area contributed by atoms with Gasteiger partial charge in [0.2, 0.25) is 11.7 Å². The number of benzene rings is 2. The van der Waals surface area contributed by atoms with Gasteiger partial charge in [-0.3, -0.25) is 4.79 Å². The quantitative estimate of drug-likeness (QED) is 0.802. The van der Waals surface area contributed by atoms with Crippen molar-refractivity contribution in [2.45, 2.75) is 19.3 Å². The van der Waals surface area contributed by atoms with Crippen LogP contribution in [-0.4, -0.2) is 27.2 Å². The number of nitrogens with one attached hydrogen (secondary N) is 1. The Labute approximate surface area is 153 Å². The van der Waals surface area contributed by atoms with E-state index in [9.17, 15) is 4.79 Å². The van der Waals surface area contributed by atoms with Crippen LogP contribution in [0.3, 0.4) is 0 Å². The maximum Gasteiger partial charge on any atom is 0.248 e. The van der Waals surface area contributed by atoms with Crippen LogP contribution in [0, 0.1) is 0 Å². The molecule has 0 saturated heterocycles. The summed E-state index contributed by atoms with van der Waals surface area (Å²) in [5.74, 6) is 1.43. The molecule has 0 heterocycles. The smallest absolute Gasteiger partial charge is 0.248 e. The van der Waals surface area contributed by atoms with E-state index < -0.39 is 0 Å². The van der Waals surface area contributed by atoms with Crippen LogP contribution < -0.4 is 19.5 Å². The lowest BCUT2D eigenvalue weighted by Gasteiger charge is -2.12. The molecule has 0 atom stereocenters. The second-order valence-corrected chi connectivity index (χ2v) is 6.12. The molecule has 0 spiro atoms. The van der Waals surface area contributed by atoms with E-state index in [1.54, 1.807) is 39.5 Å². The monoisotopic (exact) mass is 353 g/mol. The predicted octanol–water partition coefficient (Wildman–Crippen LogP) is 3.85. The standard InChI is InChI=1S/C21H23NO4/c1-24-18-11-14(12-19(25-2)21(18)26-3)7-10-20(23)22-17-9-8-15-5-4-6-16(15)13-17/h7-13H,4-6H2,1-3H3,(H,22,23)/b10-7+. The second kappa shape index (κ2) is 7.95. The number of hydrogen-bond donors (Lipinski definition) is 1. The molecular weight excluding hydrogens is 330 g/mol. The molecule has 5 nitrogen and oxygen atoms in total. The van der Waals surface area contributed by atoms with Gasteiger partial charge in [0.1, 0.15) is 0 Å². The number of ether oxygens (including phenoxy) is 3. The minimum atomic E-state index is -0.184. The third kappa shape index (κ3) is 3.82. The minimum absolute atomic E-state index is 0.184. The van der Waals surface area contributed by atoms with Crippen LogP contribution >= 0.6 is 0 Å². The SMILES string of the molecule is COc1cc(/C=C/C(=O)Nc2ccc3c(c2)CCC3)cc(OC)c1OC. The maximum absolute atomic E-state index is 12.2. The second-order valence-electron chi connectivity index (χ2n) is 6.12. The molecule has 136 valence electrons. The number of fused-ring (bicyclic) bond motifs is 1. The van der Waals surface area contributed by atoms with Crippen LogP contribution in [0.2, 0.25) is 0 Å². The Morgan fingerprint density at radius 2 is 1.65 bits per heavy atom. The Morgan fingerprint density at radius 3 is 2.31 bits per heavy atom. The van der Waals surface area contributed by atoms with Crippen molar-refractivity contribution in [3.05, 3.63) is 53.1 Å². The predicted molar refractivity (Wildman–Crippen MR) is 102 cm³/mol. The number of hydrogen-bond acceptors (Lipinski definition) is 4. The fourth-order valence-corrected chi connectivity index (χ4v) is 3.20. The first kappa shape index (κ1) is 17.9. The van der Waals surface area contributed by atoms with E-state index >= 15 is 0 Å². The van der Waals surface area contributed by atoms with Gasteiger partial charge in [-0.2, -0.15) is 0 Å². The normalized spacial score (nSPS) is 12.7. The van der Waals surface area contributed by atoms with Gasteiger partial charge in [-0.25, -0.2) is 0 Å². The van der Waals surface area contributed by atoms with Gasteiger partial charge in [0.15, 0.2) is 11.5 Å². The Bertz CT molecular complexity index is 817. The van der Waals surface area contributed by atoms with Gasteiger partial charge in [0, 0.05) is 11.8 Å². The van der Waals surface area contributed by atoms with Crippen molar-refractivity contribution in [2.75, 3.05) is 26.6 Å². The summed E-state index contributed by atoms with van der Waals surface area (Å²) >= 11 is 0. The highest BCUT2D eigenvalue weighted by atomic mass is 16.5. The van der Waals surface area contributed by atoms with Crippen LogP contribution in [-0.2, 0) is 17.6 Å². The van der Waals surface area contributed by atoms with Gasteiger partial charge in [0.25, 0.3) is 0 Å². The summed E-state index contributed by atoms with van der Waals surface area (Å²) in [6, 6.07) is 9.70. The van der Waals surface area contributed by atoms with Crippen molar-refractivity contribution in [1.82, 2.24) is 0 Å². The molecule has 26 heavy (non-hydrogen) atoms. The Kier molecular flexibility index (Phi) is 5.46. The van der Waals surface area contributed by atoms with Gasteiger partial charge < -0.3 is 19.5 Å². The van der Waals surface area contributed by atoms with Crippen molar-refractivity contribution < 1.29 is 19.0 Å². The lowest BCUT2D eigenvalue weighted by molar-refractivity contribution is -0.111. The zero-order chi connectivity index (χ0) is 18.5. The first-order chi connectivity index (χ1) is 12.6. The number of aryl methyl sites for hydroxylation is 2. The number of anilines is 1. The first-order valence-electron chi connectivity index (χ1n) is 8.55. The van der Waals surface area contributed by atoms with Gasteiger partial charge in [-0.1, -0.05) is 6.07 Å². The molecule has 1 amide bonds. The van der Waals surface area contributed by atoms with Crippen molar-refractivity contribution in [2.24, 2.45) is 0 Å². The zero-order valence-electron chi connectivity index (χ0n) is 15.3. The average molecular weight is 353 g/mol. The van der Waals surface area contributed by atoms with Crippen molar-refractivity contribution in [1.29, 1.82) is 0 Å². The van der Waals surface area contributed by atoms with Crippen LogP contribution in [0.4, 0.5) is 5.69 Å². The molecule has 2 aromatic carbocycles. The Balaban J connectivity index is 1.73. The van der Waals surface area contributed by atoms with Crippen LogP contribution in [0.1, 0.15) is 23.1 Å². The van der Waals surface area contributed by atoms with E-state index in [2.05, 4.69) is 17.4 Å². The largest absolute Gasteiger partial charge is 0.493 e.